The van der Waals surface area contributed by atoms with Crippen LogP contribution in [0.25, 0.3) is 0 Å². The summed E-state index contributed by atoms with van der Waals surface area (Å²) in [5, 5.41) is 0. The molecule has 1 fully saturated rings. The molecular weight excluding hydrogens is 380 g/mol. The van der Waals surface area contributed by atoms with E-state index >= 15 is 0 Å². The van der Waals surface area contributed by atoms with Gasteiger partial charge in [-0.05, 0) is 37.3 Å². The van der Waals surface area contributed by atoms with Gasteiger partial charge in [0.2, 0.25) is 0 Å². The highest BCUT2D eigenvalue weighted by Gasteiger charge is 2.37. The monoisotopic (exact) mass is 412 g/mol. The van der Waals surface area contributed by atoms with Crippen LogP contribution < -0.4 is 4.74 Å². The predicted molar refractivity (Wildman–Crippen MR) is 114 cm³/mol. The summed E-state index contributed by atoms with van der Waals surface area (Å²) in [4.78, 5) is 25.1. The van der Waals surface area contributed by atoms with Crippen molar-refractivity contribution in [3.63, 3.8) is 0 Å². The van der Waals surface area contributed by atoms with Gasteiger partial charge in [-0.1, -0.05) is 18.2 Å². The van der Waals surface area contributed by atoms with Crippen LogP contribution in [0, 0.1) is 5.92 Å². The number of aromatic nitrogens is 2. The number of aromatic amines is 1. The summed E-state index contributed by atoms with van der Waals surface area (Å²) in [6, 6.07) is 9.85. The highest BCUT2D eigenvalue weighted by molar-refractivity contribution is 5.77. The van der Waals surface area contributed by atoms with Crippen LogP contribution in [-0.4, -0.2) is 72.2 Å². The Hall–Kier alpha value is -2.38. The van der Waals surface area contributed by atoms with E-state index in [1.54, 1.807) is 7.11 Å². The minimum atomic E-state index is 0.0679. The fourth-order valence-electron chi connectivity index (χ4n) is 4.76. The van der Waals surface area contributed by atoms with E-state index in [0.29, 0.717) is 12.0 Å². The second kappa shape index (κ2) is 10.1. The molecule has 4 rings (SSSR count). The molecule has 2 aliphatic heterocycles. The number of nitrogens with zero attached hydrogens (tertiary/aromatic N) is 3. The zero-order valence-electron chi connectivity index (χ0n) is 17.8. The maximum Gasteiger partial charge on any atom is 0.260 e. The molecule has 7 nitrogen and oxygen atoms in total. The summed E-state index contributed by atoms with van der Waals surface area (Å²) in [5.74, 6) is 1.31. The highest BCUT2D eigenvalue weighted by Crippen LogP contribution is 2.38. The van der Waals surface area contributed by atoms with Crippen molar-refractivity contribution in [2.75, 3.05) is 46.5 Å². The summed E-state index contributed by atoms with van der Waals surface area (Å²) in [5.41, 5.74) is 2.48. The van der Waals surface area contributed by atoms with Gasteiger partial charge in [0.1, 0.15) is 5.75 Å². The Bertz CT molecular complexity index is 802. The summed E-state index contributed by atoms with van der Waals surface area (Å²) in [7, 11) is 1.76. The van der Waals surface area contributed by atoms with Gasteiger partial charge in [0.25, 0.3) is 5.91 Å². The van der Waals surface area contributed by atoms with Crippen LogP contribution in [0.3, 0.4) is 0 Å². The first-order chi connectivity index (χ1) is 14.8. The Morgan fingerprint density at radius 3 is 2.77 bits per heavy atom. The average Bonchev–Trinajstić information content (AvgIpc) is 3.27. The fourth-order valence-corrected chi connectivity index (χ4v) is 4.76. The molecule has 1 aromatic carbocycles. The number of ether oxygens (including phenoxy) is 2. The summed E-state index contributed by atoms with van der Waals surface area (Å²) in [6.45, 7) is 4.52. The van der Waals surface area contributed by atoms with Crippen LogP contribution in [0.5, 0.6) is 5.75 Å². The van der Waals surface area contributed by atoms with Crippen LogP contribution in [0.2, 0.25) is 0 Å². The first-order valence-corrected chi connectivity index (χ1v) is 11.0. The first kappa shape index (κ1) is 20.9. The number of amides is 1. The summed E-state index contributed by atoms with van der Waals surface area (Å²) in [6.07, 6.45) is 5.87. The van der Waals surface area contributed by atoms with E-state index in [0.717, 1.165) is 64.2 Å². The Morgan fingerprint density at radius 2 is 2.00 bits per heavy atom. The van der Waals surface area contributed by atoms with E-state index in [-0.39, 0.29) is 12.5 Å². The maximum absolute atomic E-state index is 12.6. The molecule has 0 radical (unpaired) electrons. The van der Waals surface area contributed by atoms with E-state index in [4.69, 9.17) is 9.47 Å². The number of nitrogens with one attached hydrogen (secondary N) is 1. The molecule has 0 saturated carbocycles. The topological polar surface area (TPSA) is 70.7 Å². The van der Waals surface area contributed by atoms with Crippen molar-refractivity contribution in [2.45, 2.75) is 31.7 Å². The number of fused-ring (bicyclic) bond motifs is 1. The Morgan fingerprint density at radius 1 is 1.20 bits per heavy atom. The van der Waals surface area contributed by atoms with Crippen molar-refractivity contribution in [1.29, 1.82) is 0 Å². The number of hydrogen-bond acceptors (Lipinski definition) is 5. The number of imidazole rings is 1. The number of methoxy groups -OCH3 is 1. The van der Waals surface area contributed by atoms with Crippen molar-refractivity contribution >= 4 is 5.91 Å². The number of piperidine rings is 1. The zero-order chi connectivity index (χ0) is 20.8. The normalized spacial score (nSPS) is 20.2. The average molecular weight is 413 g/mol. The lowest BCUT2D eigenvalue weighted by Crippen LogP contribution is -2.46. The van der Waals surface area contributed by atoms with Crippen molar-refractivity contribution < 1.29 is 14.3 Å². The van der Waals surface area contributed by atoms with E-state index in [2.05, 4.69) is 14.9 Å². The second-order valence-corrected chi connectivity index (χ2v) is 8.16. The predicted octanol–water partition coefficient (Wildman–Crippen LogP) is 2.66. The van der Waals surface area contributed by atoms with Gasteiger partial charge < -0.3 is 19.4 Å². The number of carbonyl (C=O) groups excluding carboxylic acids is 1. The SMILES string of the molecule is COCCCN1CCc2[nH]cnc2C1C1CCN(C(=O)COc2ccccc2)CC1. The van der Waals surface area contributed by atoms with Gasteiger partial charge >= 0.3 is 0 Å². The van der Waals surface area contributed by atoms with E-state index < -0.39 is 0 Å². The van der Waals surface area contributed by atoms with Crippen LogP contribution in [-0.2, 0) is 16.0 Å². The molecule has 162 valence electrons. The third kappa shape index (κ3) is 4.84. The van der Waals surface area contributed by atoms with E-state index in [1.807, 2.05) is 41.6 Å². The lowest BCUT2D eigenvalue weighted by atomic mass is 9.83. The molecule has 1 saturated heterocycles. The number of benzene rings is 1. The summed E-state index contributed by atoms with van der Waals surface area (Å²) < 4.78 is 10.9. The molecule has 1 amide bonds. The van der Waals surface area contributed by atoms with Crippen molar-refractivity contribution in [1.82, 2.24) is 19.8 Å². The van der Waals surface area contributed by atoms with Gasteiger partial charge in [0.15, 0.2) is 6.61 Å². The molecule has 3 heterocycles. The van der Waals surface area contributed by atoms with Crippen molar-refractivity contribution in [2.24, 2.45) is 5.92 Å². The molecule has 7 heteroatoms. The molecule has 0 spiro atoms. The maximum atomic E-state index is 12.6. The third-order valence-corrected chi connectivity index (χ3v) is 6.31. The molecule has 2 aliphatic rings. The smallest absolute Gasteiger partial charge is 0.260 e. The Labute approximate surface area is 178 Å². The molecule has 1 N–H and O–H groups in total. The van der Waals surface area contributed by atoms with Crippen LogP contribution in [0.4, 0.5) is 0 Å². The number of rotatable bonds is 8. The molecule has 0 bridgehead atoms. The van der Waals surface area contributed by atoms with Gasteiger partial charge in [0.05, 0.1) is 18.1 Å². The first-order valence-electron chi connectivity index (χ1n) is 11.0. The Kier molecular flexibility index (Phi) is 7.02. The molecule has 30 heavy (non-hydrogen) atoms. The standard InChI is InChI=1S/C23H32N4O3/c1-29-15-5-11-27-14-10-20-22(25-17-24-20)23(27)18-8-12-26(13-9-18)21(28)16-30-19-6-3-2-4-7-19/h2-4,6-7,17-18,23H,5,8-16H2,1H3,(H,24,25). The highest BCUT2D eigenvalue weighted by atomic mass is 16.5. The number of carbonyl (C=O) groups is 1. The number of likely N-dealkylation sites (tertiary alicyclic amines) is 1. The fraction of sp³-hybridized carbons (Fsp3) is 0.565. The Balaban J connectivity index is 1.34. The number of hydrogen-bond donors (Lipinski definition) is 1. The molecule has 1 aromatic heterocycles. The minimum absolute atomic E-state index is 0.0679. The van der Waals surface area contributed by atoms with Crippen LogP contribution in [0.15, 0.2) is 36.7 Å². The molecule has 1 atom stereocenters. The van der Waals surface area contributed by atoms with Gasteiger partial charge in [-0.25, -0.2) is 4.98 Å². The quantitative estimate of drug-likeness (QED) is 0.675. The zero-order valence-corrected chi connectivity index (χ0v) is 17.8. The van der Waals surface area contributed by atoms with Gasteiger partial charge in [-0.3, -0.25) is 9.69 Å². The lowest BCUT2D eigenvalue weighted by Gasteiger charge is -2.43. The molecule has 0 aliphatic carbocycles. The molecule has 2 aromatic rings. The second-order valence-electron chi connectivity index (χ2n) is 8.16. The van der Waals surface area contributed by atoms with Gasteiger partial charge in [0, 0.05) is 52.0 Å². The minimum Gasteiger partial charge on any atom is -0.484 e. The number of H-pyrrole nitrogens is 1. The molecular formula is C23H32N4O3. The lowest BCUT2D eigenvalue weighted by molar-refractivity contribution is -0.135. The van der Waals surface area contributed by atoms with E-state index in [9.17, 15) is 4.79 Å². The van der Waals surface area contributed by atoms with E-state index in [1.165, 1.54) is 11.4 Å². The van der Waals surface area contributed by atoms with Crippen LogP contribution in [0.1, 0.15) is 36.7 Å². The molecule has 1 unspecified atom stereocenters. The van der Waals surface area contributed by atoms with Crippen molar-refractivity contribution in [3.8, 4) is 5.75 Å². The van der Waals surface area contributed by atoms with Gasteiger partial charge in [-0.2, -0.15) is 0 Å². The summed E-state index contributed by atoms with van der Waals surface area (Å²) >= 11 is 0. The van der Waals surface area contributed by atoms with Crippen LogP contribution >= 0.6 is 0 Å². The largest absolute Gasteiger partial charge is 0.484 e. The number of para-hydroxylation sites is 1. The van der Waals surface area contributed by atoms with Gasteiger partial charge in [-0.15, -0.1) is 0 Å². The van der Waals surface area contributed by atoms with Crippen molar-refractivity contribution in [3.05, 3.63) is 48.0 Å². The third-order valence-electron chi connectivity index (χ3n) is 6.31.